The van der Waals surface area contributed by atoms with Crippen LogP contribution in [-0.4, -0.2) is 63.2 Å². The Labute approximate surface area is 99.8 Å². The van der Waals surface area contributed by atoms with E-state index in [-0.39, 0.29) is 5.88 Å². The van der Waals surface area contributed by atoms with Gasteiger partial charge in [-0.15, -0.1) is 11.6 Å². The van der Waals surface area contributed by atoms with E-state index in [0.29, 0.717) is 26.3 Å². The molecule has 0 aliphatic heterocycles. The van der Waals surface area contributed by atoms with Crippen LogP contribution < -0.4 is 5.32 Å². The second-order valence-electron chi connectivity index (χ2n) is 2.96. The van der Waals surface area contributed by atoms with Crippen LogP contribution in [0.25, 0.3) is 0 Å². The fourth-order valence-corrected chi connectivity index (χ4v) is 1.02. The third-order valence-electron chi connectivity index (χ3n) is 1.79. The number of carbonyl (C=O) groups excluding carboxylic acids is 2. The van der Waals surface area contributed by atoms with Gasteiger partial charge < -0.3 is 14.4 Å². The van der Waals surface area contributed by atoms with Gasteiger partial charge in [-0.3, -0.25) is 10.1 Å². The lowest BCUT2D eigenvalue weighted by molar-refractivity contribution is -0.117. The molecule has 0 radical (unpaired) electrons. The summed E-state index contributed by atoms with van der Waals surface area (Å²) < 4.78 is 9.72. The van der Waals surface area contributed by atoms with Crippen molar-refractivity contribution in [3.8, 4) is 0 Å². The van der Waals surface area contributed by atoms with Crippen LogP contribution in [0.15, 0.2) is 0 Å². The second kappa shape index (κ2) is 9.38. The van der Waals surface area contributed by atoms with Crippen molar-refractivity contribution in [2.45, 2.75) is 0 Å². The number of rotatable bonds is 7. The molecule has 0 aromatic heterocycles. The number of urea groups is 1. The molecule has 3 amide bonds. The predicted octanol–water partition coefficient (Wildman–Crippen LogP) is 0.0562. The summed E-state index contributed by atoms with van der Waals surface area (Å²) in [5, 5.41) is 2.15. The van der Waals surface area contributed by atoms with E-state index in [0.717, 1.165) is 0 Å². The molecule has 0 heterocycles. The van der Waals surface area contributed by atoms with Gasteiger partial charge in [0.15, 0.2) is 0 Å². The topological polar surface area (TPSA) is 67.9 Å². The highest BCUT2D eigenvalue weighted by atomic mass is 35.5. The van der Waals surface area contributed by atoms with Crippen molar-refractivity contribution in [2.24, 2.45) is 0 Å². The van der Waals surface area contributed by atoms with Crippen LogP contribution in [-0.2, 0) is 14.3 Å². The van der Waals surface area contributed by atoms with E-state index >= 15 is 0 Å². The average molecular weight is 253 g/mol. The summed E-state index contributed by atoms with van der Waals surface area (Å²) in [6.07, 6.45) is 0. The summed E-state index contributed by atoms with van der Waals surface area (Å²) in [6.45, 7) is 1.57. The smallest absolute Gasteiger partial charge is 0.324 e. The van der Waals surface area contributed by atoms with Gasteiger partial charge in [-0.25, -0.2) is 4.79 Å². The Morgan fingerprint density at radius 2 is 1.69 bits per heavy atom. The van der Waals surface area contributed by atoms with E-state index in [1.807, 2.05) is 0 Å². The van der Waals surface area contributed by atoms with Gasteiger partial charge in [0, 0.05) is 27.3 Å². The standard InChI is InChI=1S/C9H17ClN2O4/c1-15-5-3-12(4-6-16-2)9(14)11-8(13)7-10/h3-7H2,1-2H3,(H,11,13,14). The van der Waals surface area contributed by atoms with Crippen LogP contribution in [0.3, 0.4) is 0 Å². The molecule has 0 bridgehead atoms. The molecular formula is C9H17ClN2O4. The van der Waals surface area contributed by atoms with Crippen molar-refractivity contribution in [3.05, 3.63) is 0 Å². The van der Waals surface area contributed by atoms with E-state index in [9.17, 15) is 9.59 Å². The summed E-state index contributed by atoms with van der Waals surface area (Å²) in [4.78, 5) is 23.9. The monoisotopic (exact) mass is 252 g/mol. The van der Waals surface area contributed by atoms with E-state index in [4.69, 9.17) is 21.1 Å². The molecule has 0 fully saturated rings. The largest absolute Gasteiger partial charge is 0.383 e. The van der Waals surface area contributed by atoms with Crippen molar-refractivity contribution in [3.63, 3.8) is 0 Å². The number of ether oxygens (including phenoxy) is 2. The number of methoxy groups -OCH3 is 2. The Hall–Kier alpha value is -0.850. The first kappa shape index (κ1) is 15.2. The Bertz CT molecular complexity index is 218. The minimum Gasteiger partial charge on any atom is -0.383 e. The molecule has 94 valence electrons. The molecule has 6 nitrogen and oxygen atoms in total. The summed E-state index contributed by atoms with van der Waals surface area (Å²) in [6, 6.07) is -0.486. The molecule has 7 heteroatoms. The van der Waals surface area contributed by atoms with Gasteiger partial charge in [0.05, 0.1) is 13.2 Å². The van der Waals surface area contributed by atoms with Crippen molar-refractivity contribution >= 4 is 23.5 Å². The van der Waals surface area contributed by atoms with Crippen molar-refractivity contribution in [2.75, 3.05) is 46.4 Å². The molecule has 1 N–H and O–H groups in total. The summed E-state index contributed by atoms with van der Waals surface area (Å²) >= 11 is 5.28. The quantitative estimate of drug-likeness (QED) is 0.651. The van der Waals surface area contributed by atoms with Crippen LogP contribution in [0.5, 0.6) is 0 Å². The molecular weight excluding hydrogens is 236 g/mol. The first-order valence-corrected chi connectivity index (χ1v) is 5.31. The third kappa shape index (κ3) is 6.60. The summed E-state index contributed by atoms with van der Waals surface area (Å²) in [5.41, 5.74) is 0. The van der Waals surface area contributed by atoms with Gasteiger partial charge in [0.1, 0.15) is 5.88 Å². The number of halogens is 1. The molecule has 0 aromatic carbocycles. The lowest BCUT2D eigenvalue weighted by Crippen LogP contribution is -2.45. The van der Waals surface area contributed by atoms with E-state index in [1.165, 1.54) is 19.1 Å². The fourth-order valence-electron chi connectivity index (χ4n) is 0.950. The van der Waals surface area contributed by atoms with Gasteiger partial charge >= 0.3 is 6.03 Å². The molecule has 0 spiro atoms. The molecule has 0 aromatic rings. The second-order valence-corrected chi connectivity index (χ2v) is 3.23. The normalized spacial score (nSPS) is 9.94. The predicted molar refractivity (Wildman–Crippen MR) is 59.6 cm³/mol. The van der Waals surface area contributed by atoms with Crippen LogP contribution in [0.2, 0.25) is 0 Å². The first-order chi connectivity index (χ1) is 7.65. The average Bonchev–Trinajstić information content (AvgIpc) is 2.28. The Morgan fingerprint density at radius 1 is 1.19 bits per heavy atom. The van der Waals surface area contributed by atoms with Crippen molar-refractivity contribution in [1.82, 2.24) is 10.2 Å². The molecule has 0 saturated carbocycles. The zero-order valence-electron chi connectivity index (χ0n) is 9.49. The van der Waals surface area contributed by atoms with Gasteiger partial charge in [-0.2, -0.15) is 0 Å². The highest BCUT2D eigenvalue weighted by Crippen LogP contribution is 1.91. The lowest BCUT2D eigenvalue weighted by atomic mass is 10.5. The maximum absolute atomic E-state index is 11.5. The highest BCUT2D eigenvalue weighted by molar-refractivity contribution is 6.28. The maximum atomic E-state index is 11.5. The minimum absolute atomic E-state index is 0.242. The first-order valence-electron chi connectivity index (χ1n) is 4.78. The van der Waals surface area contributed by atoms with Crippen molar-refractivity contribution < 1.29 is 19.1 Å². The molecule has 0 aliphatic rings. The number of hydrogen-bond donors (Lipinski definition) is 1. The van der Waals surface area contributed by atoms with Crippen LogP contribution in [0, 0.1) is 0 Å². The molecule has 0 unspecified atom stereocenters. The molecule has 0 rings (SSSR count). The number of carbonyl (C=O) groups is 2. The SMILES string of the molecule is COCCN(CCOC)C(=O)NC(=O)CCl. The Kier molecular flexibility index (Phi) is 8.88. The number of nitrogens with one attached hydrogen (secondary N) is 1. The lowest BCUT2D eigenvalue weighted by Gasteiger charge is -2.21. The number of amides is 3. The zero-order chi connectivity index (χ0) is 12.4. The maximum Gasteiger partial charge on any atom is 0.324 e. The summed E-state index contributed by atoms with van der Waals surface area (Å²) in [7, 11) is 3.08. The fraction of sp³-hybridized carbons (Fsp3) is 0.778. The zero-order valence-corrected chi connectivity index (χ0v) is 10.2. The summed E-state index contributed by atoms with van der Waals surface area (Å²) in [5.74, 6) is -0.764. The van der Waals surface area contributed by atoms with Crippen molar-refractivity contribution in [1.29, 1.82) is 0 Å². The van der Waals surface area contributed by atoms with Crippen LogP contribution >= 0.6 is 11.6 Å². The number of nitrogens with zero attached hydrogens (tertiary/aromatic N) is 1. The van der Waals surface area contributed by atoms with E-state index in [2.05, 4.69) is 5.32 Å². The van der Waals surface area contributed by atoms with Gasteiger partial charge in [0.2, 0.25) is 5.91 Å². The number of alkyl halides is 1. The molecule has 0 atom stereocenters. The third-order valence-corrected chi connectivity index (χ3v) is 2.03. The minimum atomic E-state index is -0.522. The number of imide groups is 1. The van der Waals surface area contributed by atoms with E-state index in [1.54, 1.807) is 0 Å². The number of hydrogen-bond acceptors (Lipinski definition) is 4. The van der Waals surface area contributed by atoms with Gasteiger partial charge in [0.25, 0.3) is 0 Å². The highest BCUT2D eigenvalue weighted by Gasteiger charge is 2.14. The van der Waals surface area contributed by atoms with E-state index < -0.39 is 11.9 Å². The molecule has 0 aliphatic carbocycles. The Balaban J connectivity index is 4.13. The Morgan fingerprint density at radius 3 is 2.06 bits per heavy atom. The van der Waals surface area contributed by atoms with Gasteiger partial charge in [-0.1, -0.05) is 0 Å². The van der Waals surface area contributed by atoms with Crippen LogP contribution in [0.4, 0.5) is 4.79 Å². The molecule has 16 heavy (non-hydrogen) atoms. The van der Waals surface area contributed by atoms with Gasteiger partial charge in [-0.05, 0) is 0 Å². The molecule has 0 saturated heterocycles. The van der Waals surface area contributed by atoms with Crippen LogP contribution in [0.1, 0.15) is 0 Å².